The van der Waals surface area contributed by atoms with Crippen LogP contribution in [0.3, 0.4) is 0 Å². The normalized spacial score (nSPS) is 13.8. The van der Waals surface area contributed by atoms with E-state index in [1.165, 1.54) is 11.8 Å². The molecule has 0 aromatic carbocycles. The number of hydrogen-bond acceptors (Lipinski definition) is 4. The molecule has 104 valence electrons. The van der Waals surface area contributed by atoms with E-state index in [0.29, 0.717) is 6.42 Å². The van der Waals surface area contributed by atoms with Gasteiger partial charge < -0.3 is 5.73 Å². The van der Waals surface area contributed by atoms with Crippen molar-refractivity contribution >= 4 is 9.84 Å². The largest absolute Gasteiger partial charge is 0.327 e. The van der Waals surface area contributed by atoms with Crippen molar-refractivity contribution in [2.24, 2.45) is 12.8 Å². The molecule has 1 atom stereocenters. The van der Waals surface area contributed by atoms with Crippen molar-refractivity contribution in [3.8, 4) is 0 Å². The Bertz CT molecular complexity index is 506. The van der Waals surface area contributed by atoms with E-state index in [0.717, 1.165) is 24.2 Å². The van der Waals surface area contributed by atoms with Crippen LogP contribution >= 0.6 is 0 Å². The summed E-state index contributed by atoms with van der Waals surface area (Å²) in [5.41, 5.74) is 9.37. The van der Waals surface area contributed by atoms with Gasteiger partial charge >= 0.3 is 0 Å². The summed E-state index contributed by atoms with van der Waals surface area (Å²) in [6.45, 7) is 4.00. The van der Waals surface area contributed by atoms with Gasteiger partial charge in [-0.05, 0) is 38.7 Å². The van der Waals surface area contributed by atoms with E-state index in [9.17, 15) is 8.42 Å². The third-order valence-electron chi connectivity index (χ3n) is 3.22. The topological polar surface area (TPSA) is 78.0 Å². The van der Waals surface area contributed by atoms with Crippen LogP contribution in [-0.2, 0) is 23.3 Å². The first kappa shape index (κ1) is 15.2. The van der Waals surface area contributed by atoms with Gasteiger partial charge in [-0.25, -0.2) is 8.42 Å². The Kier molecular flexibility index (Phi) is 4.92. The minimum Gasteiger partial charge on any atom is -0.327 e. The van der Waals surface area contributed by atoms with Crippen LogP contribution in [0.1, 0.15) is 29.8 Å². The maximum atomic E-state index is 11.0. The van der Waals surface area contributed by atoms with Crippen LogP contribution in [0.2, 0.25) is 0 Å². The van der Waals surface area contributed by atoms with Gasteiger partial charge in [0, 0.05) is 30.8 Å². The molecule has 0 spiro atoms. The molecule has 0 radical (unpaired) electrons. The van der Waals surface area contributed by atoms with Gasteiger partial charge in [0.05, 0.1) is 5.69 Å². The number of rotatable bonds is 6. The Hall–Kier alpha value is -0.880. The maximum Gasteiger partial charge on any atom is 0.147 e. The Labute approximate surface area is 109 Å². The Morgan fingerprint density at radius 1 is 1.39 bits per heavy atom. The molecule has 1 aromatic rings. The molecule has 1 heterocycles. The van der Waals surface area contributed by atoms with Crippen LogP contribution in [0.4, 0.5) is 0 Å². The van der Waals surface area contributed by atoms with Crippen LogP contribution in [-0.4, -0.2) is 36.2 Å². The summed E-state index contributed by atoms with van der Waals surface area (Å²) in [6, 6.07) is -0.00616. The van der Waals surface area contributed by atoms with E-state index in [2.05, 4.69) is 5.10 Å². The monoisotopic (exact) mass is 273 g/mol. The van der Waals surface area contributed by atoms with E-state index < -0.39 is 9.84 Å². The molecule has 1 aromatic heterocycles. The second kappa shape index (κ2) is 5.84. The second-order valence-corrected chi connectivity index (χ2v) is 7.27. The summed E-state index contributed by atoms with van der Waals surface area (Å²) in [6.07, 6.45) is 3.36. The highest BCUT2D eigenvalue weighted by Gasteiger charge is 2.13. The molecule has 0 bridgehead atoms. The molecule has 1 unspecified atom stereocenters. The van der Waals surface area contributed by atoms with Gasteiger partial charge in [0.1, 0.15) is 9.84 Å². The van der Waals surface area contributed by atoms with E-state index in [-0.39, 0.29) is 11.8 Å². The van der Waals surface area contributed by atoms with Crippen molar-refractivity contribution in [2.45, 2.75) is 39.2 Å². The molecule has 0 aliphatic heterocycles. The highest BCUT2D eigenvalue weighted by molar-refractivity contribution is 7.90. The average Bonchev–Trinajstić information content (AvgIpc) is 2.43. The highest BCUT2D eigenvalue weighted by atomic mass is 32.2. The summed E-state index contributed by atoms with van der Waals surface area (Å²) < 4.78 is 23.9. The predicted molar refractivity (Wildman–Crippen MR) is 73.3 cm³/mol. The van der Waals surface area contributed by atoms with E-state index in [4.69, 9.17) is 5.73 Å². The number of aromatic nitrogens is 2. The van der Waals surface area contributed by atoms with Crippen molar-refractivity contribution in [1.82, 2.24) is 9.78 Å². The lowest BCUT2D eigenvalue weighted by atomic mass is 10.0. The summed E-state index contributed by atoms with van der Waals surface area (Å²) in [5, 5.41) is 4.35. The Balaban J connectivity index is 2.52. The first-order valence-corrected chi connectivity index (χ1v) is 8.19. The zero-order valence-corrected chi connectivity index (χ0v) is 12.4. The Morgan fingerprint density at radius 2 is 2.00 bits per heavy atom. The fourth-order valence-corrected chi connectivity index (χ4v) is 2.78. The van der Waals surface area contributed by atoms with E-state index >= 15 is 0 Å². The summed E-state index contributed by atoms with van der Waals surface area (Å²) in [4.78, 5) is 0. The van der Waals surface area contributed by atoms with Gasteiger partial charge in [0.15, 0.2) is 0 Å². The molecule has 5 nitrogen and oxygen atoms in total. The molecule has 6 heteroatoms. The SMILES string of the molecule is Cc1nn(C)c(C)c1CC(N)CCCS(C)(=O)=O. The third kappa shape index (κ3) is 4.42. The summed E-state index contributed by atoms with van der Waals surface area (Å²) in [7, 11) is -0.959. The molecule has 0 aliphatic carbocycles. The highest BCUT2D eigenvalue weighted by Crippen LogP contribution is 2.15. The first-order chi connectivity index (χ1) is 8.20. The number of sulfone groups is 1. The zero-order chi connectivity index (χ0) is 13.9. The van der Waals surface area contributed by atoms with E-state index in [1.54, 1.807) is 0 Å². The van der Waals surface area contributed by atoms with Crippen LogP contribution in [0.15, 0.2) is 0 Å². The van der Waals surface area contributed by atoms with Crippen LogP contribution in [0.25, 0.3) is 0 Å². The summed E-state index contributed by atoms with van der Waals surface area (Å²) in [5.74, 6) is 0.214. The van der Waals surface area contributed by atoms with Crippen molar-refractivity contribution < 1.29 is 8.42 Å². The molecular formula is C12H23N3O2S. The Morgan fingerprint density at radius 3 is 2.44 bits per heavy atom. The van der Waals surface area contributed by atoms with Crippen LogP contribution in [0.5, 0.6) is 0 Å². The average molecular weight is 273 g/mol. The number of nitrogens with two attached hydrogens (primary N) is 1. The van der Waals surface area contributed by atoms with Crippen molar-refractivity contribution in [3.05, 3.63) is 17.0 Å². The number of nitrogens with zero attached hydrogens (tertiary/aromatic N) is 2. The smallest absolute Gasteiger partial charge is 0.147 e. The van der Waals surface area contributed by atoms with Crippen LogP contribution < -0.4 is 5.73 Å². The number of aryl methyl sites for hydroxylation is 2. The first-order valence-electron chi connectivity index (χ1n) is 6.13. The van der Waals surface area contributed by atoms with Crippen molar-refractivity contribution in [2.75, 3.05) is 12.0 Å². The van der Waals surface area contributed by atoms with Crippen molar-refractivity contribution in [1.29, 1.82) is 0 Å². The molecule has 1 rings (SSSR count). The molecule has 18 heavy (non-hydrogen) atoms. The predicted octanol–water partition coefficient (Wildman–Crippen LogP) is 0.732. The number of hydrogen-bond donors (Lipinski definition) is 1. The van der Waals surface area contributed by atoms with Gasteiger partial charge in [-0.15, -0.1) is 0 Å². The van der Waals surface area contributed by atoms with Gasteiger partial charge in [0.2, 0.25) is 0 Å². The molecule has 0 fully saturated rings. The van der Waals surface area contributed by atoms with Gasteiger partial charge in [-0.3, -0.25) is 4.68 Å². The minimum absolute atomic E-state index is 0.00616. The minimum atomic E-state index is -2.88. The molecular weight excluding hydrogens is 250 g/mol. The second-order valence-electron chi connectivity index (χ2n) is 5.01. The lowest BCUT2D eigenvalue weighted by molar-refractivity contribution is 0.576. The molecule has 0 saturated heterocycles. The zero-order valence-electron chi connectivity index (χ0n) is 11.6. The maximum absolute atomic E-state index is 11.0. The molecule has 0 aliphatic rings. The quantitative estimate of drug-likeness (QED) is 0.829. The molecule has 0 amide bonds. The summed E-state index contributed by atoms with van der Waals surface area (Å²) >= 11 is 0. The van der Waals surface area contributed by atoms with Gasteiger partial charge in [-0.2, -0.15) is 5.10 Å². The fraction of sp³-hybridized carbons (Fsp3) is 0.750. The fourth-order valence-electron chi connectivity index (χ4n) is 2.08. The van der Waals surface area contributed by atoms with Gasteiger partial charge in [0.25, 0.3) is 0 Å². The van der Waals surface area contributed by atoms with Crippen molar-refractivity contribution in [3.63, 3.8) is 0 Å². The molecule has 0 saturated carbocycles. The van der Waals surface area contributed by atoms with Gasteiger partial charge in [-0.1, -0.05) is 0 Å². The molecule has 2 N–H and O–H groups in total. The van der Waals surface area contributed by atoms with E-state index in [1.807, 2.05) is 25.6 Å². The lowest BCUT2D eigenvalue weighted by Gasteiger charge is -2.11. The third-order valence-corrected chi connectivity index (χ3v) is 4.25. The van der Waals surface area contributed by atoms with Crippen LogP contribution in [0, 0.1) is 13.8 Å². The lowest BCUT2D eigenvalue weighted by Crippen LogP contribution is -2.24. The standard InChI is InChI=1S/C12H23N3O2S/c1-9-12(10(2)15(3)14-9)8-11(13)6-5-7-18(4,16)17/h11H,5-8,13H2,1-4H3.